The van der Waals surface area contributed by atoms with Crippen molar-refractivity contribution in [3.63, 3.8) is 0 Å². The number of hydrogen-bond donors (Lipinski definition) is 3. The van der Waals surface area contributed by atoms with Crippen LogP contribution in [0.15, 0.2) is 24.3 Å². The van der Waals surface area contributed by atoms with Gasteiger partial charge in [0.05, 0.1) is 24.5 Å². The Morgan fingerprint density at radius 3 is 2.57 bits per heavy atom. The molecule has 8 nitrogen and oxygen atoms in total. The summed E-state index contributed by atoms with van der Waals surface area (Å²) < 4.78 is 29.7. The van der Waals surface area contributed by atoms with E-state index in [1.807, 2.05) is 38.1 Å². The van der Waals surface area contributed by atoms with Crippen molar-refractivity contribution in [1.82, 2.24) is 10.6 Å². The third-order valence-electron chi connectivity index (χ3n) is 4.57. The molecule has 4 N–H and O–H groups in total. The molecule has 9 heteroatoms. The van der Waals surface area contributed by atoms with Crippen molar-refractivity contribution in [2.24, 2.45) is 17.6 Å². The summed E-state index contributed by atoms with van der Waals surface area (Å²) in [4.78, 5) is 23.7. The Morgan fingerprint density at radius 1 is 1.20 bits per heavy atom. The highest BCUT2D eigenvalue weighted by Crippen LogP contribution is 2.13. The summed E-state index contributed by atoms with van der Waals surface area (Å²) in [5.74, 6) is -1.41. The number of sulfone groups is 1. The van der Waals surface area contributed by atoms with Crippen LogP contribution in [0, 0.1) is 11.8 Å². The van der Waals surface area contributed by atoms with Crippen molar-refractivity contribution in [2.45, 2.75) is 39.7 Å². The maximum Gasteiger partial charge on any atom is 0.224 e. The Labute approximate surface area is 179 Å². The van der Waals surface area contributed by atoms with Crippen LogP contribution in [0.1, 0.15) is 38.7 Å². The summed E-state index contributed by atoms with van der Waals surface area (Å²) in [6.45, 7) is 5.59. The fourth-order valence-electron chi connectivity index (χ4n) is 2.86. The van der Waals surface area contributed by atoms with Crippen LogP contribution in [0.3, 0.4) is 0 Å². The number of nitrogens with one attached hydrogen (secondary N) is 2. The number of amides is 2. The summed E-state index contributed by atoms with van der Waals surface area (Å²) in [6.07, 6.45) is 0.909. The van der Waals surface area contributed by atoms with Crippen molar-refractivity contribution in [1.29, 1.82) is 0 Å². The second kappa shape index (κ2) is 13.2. The predicted octanol–water partition coefficient (Wildman–Crippen LogP) is 1.24. The molecule has 1 unspecified atom stereocenters. The lowest BCUT2D eigenvalue weighted by atomic mass is 10.1. The van der Waals surface area contributed by atoms with Crippen molar-refractivity contribution in [2.75, 3.05) is 31.7 Å². The minimum Gasteiger partial charge on any atom is -0.497 e. The Hall–Kier alpha value is -2.13. The molecule has 0 aliphatic rings. The van der Waals surface area contributed by atoms with Gasteiger partial charge in [0.25, 0.3) is 0 Å². The number of primary amides is 1. The summed E-state index contributed by atoms with van der Waals surface area (Å²) in [6, 6.07) is 7.74. The molecule has 30 heavy (non-hydrogen) atoms. The molecule has 0 aliphatic heterocycles. The highest BCUT2D eigenvalue weighted by molar-refractivity contribution is 7.91. The van der Waals surface area contributed by atoms with Gasteiger partial charge in [-0.25, -0.2) is 8.42 Å². The molecule has 0 saturated heterocycles. The molecule has 170 valence electrons. The van der Waals surface area contributed by atoms with Gasteiger partial charge in [-0.1, -0.05) is 26.0 Å². The summed E-state index contributed by atoms with van der Waals surface area (Å²) >= 11 is 0. The van der Waals surface area contributed by atoms with E-state index in [4.69, 9.17) is 10.5 Å². The minimum atomic E-state index is -3.43. The smallest absolute Gasteiger partial charge is 0.224 e. The lowest BCUT2D eigenvalue weighted by Crippen LogP contribution is -2.38. The van der Waals surface area contributed by atoms with Gasteiger partial charge in [0.1, 0.15) is 5.75 Å². The summed E-state index contributed by atoms with van der Waals surface area (Å²) in [7, 11) is -1.81. The van der Waals surface area contributed by atoms with E-state index in [1.165, 1.54) is 0 Å². The van der Waals surface area contributed by atoms with E-state index in [0.29, 0.717) is 32.5 Å². The van der Waals surface area contributed by atoms with E-state index in [-0.39, 0.29) is 23.8 Å². The molecule has 1 atom stereocenters. The number of ether oxygens (including phenoxy) is 1. The molecule has 0 bridgehead atoms. The number of nitrogens with two attached hydrogens (primary N) is 1. The van der Waals surface area contributed by atoms with Crippen molar-refractivity contribution >= 4 is 21.7 Å². The van der Waals surface area contributed by atoms with Crippen LogP contribution in [-0.2, 0) is 26.0 Å². The third kappa shape index (κ3) is 11.2. The van der Waals surface area contributed by atoms with E-state index in [0.717, 1.165) is 11.3 Å². The van der Waals surface area contributed by atoms with Crippen molar-refractivity contribution in [3.05, 3.63) is 29.8 Å². The molecule has 0 heterocycles. The minimum absolute atomic E-state index is 0.00139. The van der Waals surface area contributed by atoms with Crippen molar-refractivity contribution < 1.29 is 22.7 Å². The Bertz CT molecular complexity index is 781. The number of rotatable bonds is 15. The summed E-state index contributed by atoms with van der Waals surface area (Å²) in [5.41, 5.74) is 6.30. The fraction of sp³-hybridized carbons (Fsp3) is 0.619. The Balaban J connectivity index is 2.41. The molecule has 0 spiro atoms. The van der Waals surface area contributed by atoms with E-state index in [9.17, 15) is 18.0 Å². The van der Waals surface area contributed by atoms with Crippen LogP contribution in [0.2, 0.25) is 0 Å². The molecule has 0 radical (unpaired) electrons. The first kappa shape index (κ1) is 25.9. The van der Waals surface area contributed by atoms with Gasteiger partial charge in [-0.15, -0.1) is 0 Å². The van der Waals surface area contributed by atoms with Crippen LogP contribution < -0.4 is 21.1 Å². The van der Waals surface area contributed by atoms with Gasteiger partial charge in [-0.3, -0.25) is 9.59 Å². The molecule has 2 amide bonds. The lowest BCUT2D eigenvalue weighted by molar-refractivity contribution is -0.128. The van der Waals surface area contributed by atoms with Crippen LogP contribution in [-0.4, -0.2) is 51.9 Å². The monoisotopic (exact) mass is 441 g/mol. The highest BCUT2D eigenvalue weighted by Gasteiger charge is 2.27. The van der Waals surface area contributed by atoms with Gasteiger partial charge in [-0.05, 0) is 43.0 Å². The molecule has 0 fully saturated rings. The Morgan fingerprint density at radius 2 is 1.93 bits per heavy atom. The number of hydrogen-bond acceptors (Lipinski definition) is 6. The maximum absolute atomic E-state index is 12.4. The first-order valence-electron chi connectivity index (χ1n) is 10.2. The molecule has 1 aromatic carbocycles. The standard InChI is InChI=1S/C21H35N3O5S/c1-16(2)8-11-30(27,28)15-18(13-20(22)25)21(26)24-10-5-9-23-14-17-6-4-7-19(12-17)29-3/h4,6-7,12,16,18,23H,5,8-11,13-15H2,1-3H3,(H2,22,25)(H,24,26). The molecule has 1 rings (SSSR count). The highest BCUT2D eigenvalue weighted by atomic mass is 32.2. The van der Waals surface area contributed by atoms with Crippen LogP contribution in [0.4, 0.5) is 0 Å². The van der Waals surface area contributed by atoms with E-state index in [1.54, 1.807) is 7.11 Å². The average molecular weight is 442 g/mol. The van der Waals surface area contributed by atoms with E-state index < -0.39 is 27.6 Å². The molecular weight excluding hydrogens is 406 g/mol. The zero-order valence-corrected chi connectivity index (χ0v) is 19.0. The molecular formula is C21H35N3O5S. The van der Waals surface area contributed by atoms with Gasteiger partial charge in [0, 0.05) is 19.5 Å². The van der Waals surface area contributed by atoms with E-state index in [2.05, 4.69) is 10.6 Å². The Kier molecular flexibility index (Phi) is 11.4. The van der Waals surface area contributed by atoms with E-state index >= 15 is 0 Å². The maximum atomic E-state index is 12.4. The van der Waals surface area contributed by atoms with Gasteiger partial charge >= 0.3 is 0 Å². The van der Waals surface area contributed by atoms with Crippen molar-refractivity contribution in [3.8, 4) is 5.75 Å². The third-order valence-corrected chi connectivity index (χ3v) is 6.34. The first-order chi connectivity index (χ1) is 14.1. The molecule has 0 aliphatic carbocycles. The largest absolute Gasteiger partial charge is 0.497 e. The summed E-state index contributed by atoms with van der Waals surface area (Å²) in [5, 5.41) is 6.00. The SMILES string of the molecule is COc1cccc(CNCCCNC(=O)C(CC(N)=O)CS(=O)(=O)CCC(C)C)c1. The number of carbonyl (C=O) groups is 2. The zero-order valence-electron chi connectivity index (χ0n) is 18.1. The number of benzene rings is 1. The number of methoxy groups -OCH3 is 1. The first-order valence-corrected chi connectivity index (χ1v) is 12.0. The lowest BCUT2D eigenvalue weighted by Gasteiger charge is -2.16. The number of carbonyl (C=O) groups excluding carboxylic acids is 2. The zero-order chi connectivity index (χ0) is 22.6. The predicted molar refractivity (Wildman–Crippen MR) is 118 cm³/mol. The molecule has 0 saturated carbocycles. The van der Waals surface area contributed by atoms with Gasteiger partial charge < -0.3 is 21.1 Å². The van der Waals surface area contributed by atoms with Gasteiger partial charge in [0.2, 0.25) is 11.8 Å². The van der Waals surface area contributed by atoms with Crippen LogP contribution in [0.5, 0.6) is 5.75 Å². The quantitative estimate of drug-likeness (QED) is 0.352. The fourth-order valence-corrected chi connectivity index (χ4v) is 4.74. The van der Waals surface area contributed by atoms with Crippen LogP contribution >= 0.6 is 0 Å². The van der Waals surface area contributed by atoms with Crippen LogP contribution in [0.25, 0.3) is 0 Å². The topological polar surface area (TPSA) is 128 Å². The molecule has 1 aromatic rings. The molecule has 0 aromatic heterocycles. The van der Waals surface area contributed by atoms with Gasteiger partial charge in [-0.2, -0.15) is 0 Å². The average Bonchev–Trinajstić information content (AvgIpc) is 2.68. The second-order valence-electron chi connectivity index (χ2n) is 7.84. The normalized spacial score (nSPS) is 12.5. The van der Waals surface area contributed by atoms with Gasteiger partial charge in [0.15, 0.2) is 9.84 Å². The second-order valence-corrected chi connectivity index (χ2v) is 10.1.